The summed E-state index contributed by atoms with van der Waals surface area (Å²) in [6.07, 6.45) is 1.46. The first-order valence-corrected chi connectivity index (χ1v) is 6.60. The highest BCUT2D eigenvalue weighted by molar-refractivity contribution is 8.01. The van der Waals surface area contributed by atoms with E-state index in [-0.39, 0.29) is 18.9 Å². The number of aliphatic carboxylic acids is 1. The van der Waals surface area contributed by atoms with E-state index in [1.54, 1.807) is 11.8 Å². The van der Waals surface area contributed by atoms with Gasteiger partial charge in [-0.05, 0) is 32.4 Å². The average molecular weight is 261 g/mol. The van der Waals surface area contributed by atoms with Crippen LogP contribution in [0.25, 0.3) is 0 Å². The Morgan fingerprint density at radius 2 is 2.18 bits per heavy atom. The molecule has 0 aliphatic carbocycles. The maximum atomic E-state index is 11.9. The van der Waals surface area contributed by atoms with Crippen molar-refractivity contribution in [1.82, 2.24) is 5.32 Å². The summed E-state index contributed by atoms with van der Waals surface area (Å²) in [4.78, 5) is 22.4. The van der Waals surface area contributed by atoms with Gasteiger partial charge in [-0.1, -0.05) is 0 Å². The topological polar surface area (TPSA) is 86.6 Å². The molecule has 2 atom stereocenters. The third-order valence-corrected chi connectivity index (χ3v) is 4.38. The minimum absolute atomic E-state index is 0.0334. The molecule has 1 rings (SSSR count). The minimum atomic E-state index is -1.40. The van der Waals surface area contributed by atoms with Crippen LogP contribution in [-0.2, 0) is 9.59 Å². The fourth-order valence-electron chi connectivity index (χ4n) is 1.80. The second kappa shape index (κ2) is 5.27. The molecule has 2 unspecified atom stereocenters. The predicted octanol–water partition coefficient (Wildman–Crippen LogP) is 0.614. The summed E-state index contributed by atoms with van der Waals surface area (Å²) in [5.74, 6) is -0.230. The van der Waals surface area contributed by atoms with E-state index in [1.165, 1.54) is 6.92 Å². The maximum absolute atomic E-state index is 11.9. The monoisotopic (exact) mass is 261 g/mol. The molecule has 1 saturated heterocycles. The van der Waals surface area contributed by atoms with E-state index in [4.69, 9.17) is 5.11 Å². The summed E-state index contributed by atoms with van der Waals surface area (Å²) in [5.41, 5.74) is -1.40. The zero-order chi connectivity index (χ0) is 13.1. The Morgan fingerprint density at radius 1 is 1.53 bits per heavy atom. The zero-order valence-corrected chi connectivity index (χ0v) is 11.0. The summed E-state index contributed by atoms with van der Waals surface area (Å²) in [6, 6.07) is 0. The van der Waals surface area contributed by atoms with E-state index in [9.17, 15) is 14.7 Å². The van der Waals surface area contributed by atoms with Gasteiger partial charge in [0.25, 0.3) is 0 Å². The first-order valence-electron chi connectivity index (χ1n) is 5.62. The van der Waals surface area contributed by atoms with E-state index in [1.807, 2.05) is 6.92 Å². The normalized spacial score (nSPS) is 27.5. The molecule has 1 aliphatic rings. The van der Waals surface area contributed by atoms with E-state index in [2.05, 4.69) is 5.32 Å². The molecule has 1 aliphatic heterocycles. The van der Waals surface area contributed by atoms with E-state index in [0.29, 0.717) is 0 Å². The van der Waals surface area contributed by atoms with Crippen LogP contribution in [0.2, 0.25) is 0 Å². The van der Waals surface area contributed by atoms with Gasteiger partial charge in [-0.2, -0.15) is 0 Å². The maximum Gasteiger partial charge on any atom is 0.306 e. The molecule has 1 amide bonds. The molecule has 0 saturated carbocycles. The van der Waals surface area contributed by atoms with Crippen LogP contribution in [0, 0.1) is 0 Å². The third kappa shape index (κ3) is 4.20. The van der Waals surface area contributed by atoms with Gasteiger partial charge in [-0.15, -0.1) is 11.8 Å². The highest BCUT2D eigenvalue weighted by Crippen LogP contribution is 2.37. The van der Waals surface area contributed by atoms with Crippen molar-refractivity contribution in [2.24, 2.45) is 0 Å². The van der Waals surface area contributed by atoms with Crippen molar-refractivity contribution in [1.29, 1.82) is 0 Å². The van der Waals surface area contributed by atoms with E-state index < -0.39 is 16.3 Å². The van der Waals surface area contributed by atoms with Crippen molar-refractivity contribution in [3.8, 4) is 0 Å². The van der Waals surface area contributed by atoms with Crippen LogP contribution in [0.4, 0.5) is 0 Å². The van der Waals surface area contributed by atoms with Crippen molar-refractivity contribution in [2.75, 3.05) is 12.3 Å². The van der Waals surface area contributed by atoms with Crippen LogP contribution in [0.1, 0.15) is 33.1 Å². The Kier molecular flexibility index (Phi) is 4.43. The molecule has 3 N–H and O–H groups in total. The Labute approximate surface area is 105 Å². The van der Waals surface area contributed by atoms with Crippen molar-refractivity contribution in [3.63, 3.8) is 0 Å². The lowest BCUT2D eigenvalue weighted by Crippen LogP contribution is -2.47. The first-order chi connectivity index (χ1) is 7.75. The third-order valence-electron chi connectivity index (χ3n) is 2.86. The summed E-state index contributed by atoms with van der Waals surface area (Å²) < 4.78 is -0.431. The lowest BCUT2D eigenvalue weighted by molar-refractivity contribution is -0.142. The van der Waals surface area contributed by atoms with Gasteiger partial charge in [-0.3, -0.25) is 9.59 Å². The van der Waals surface area contributed by atoms with E-state index in [0.717, 1.165) is 18.6 Å². The van der Waals surface area contributed by atoms with Gasteiger partial charge >= 0.3 is 5.97 Å². The van der Waals surface area contributed by atoms with Crippen LogP contribution < -0.4 is 5.32 Å². The van der Waals surface area contributed by atoms with Gasteiger partial charge in [-0.25, -0.2) is 0 Å². The number of nitrogens with one attached hydrogen (secondary N) is 1. The molecule has 6 heteroatoms. The van der Waals surface area contributed by atoms with Gasteiger partial charge < -0.3 is 15.5 Å². The van der Waals surface area contributed by atoms with Crippen molar-refractivity contribution >= 4 is 23.6 Å². The Bertz CT molecular complexity index is 311. The molecule has 98 valence electrons. The Morgan fingerprint density at radius 3 is 2.65 bits per heavy atom. The second-order valence-corrected chi connectivity index (χ2v) is 6.53. The van der Waals surface area contributed by atoms with Gasteiger partial charge in [0.15, 0.2) is 0 Å². The molecular formula is C11H19NO4S. The quantitative estimate of drug-likeness (QED) is 0.675. The van der Waals surface area contributed by atoms with Crippen LogP contribution in [0.5, 0.6) is 0 Å². The lowest BCUT2D eigenvalue weighted by Gasteiger charge is -2.26. The molecule has 0 radical (unpaired) electrons. The number of rotatable bonds is 5. The number of hydrogen-bond acceptors (Lipinski definition) is 4. The molecule has 0 aromatic rings. The first kappa shape index (κ1) is 14.3. The van der Waals surface area contributed by atoms with Crippen molar-refractivity contribution in [3.05, 3.63) is 0 Å². The Hall–Kier alpha value is -0.750. The average Bonchev–Trinajstić information content (AvgIpc) is 2.61. The van der Waals surface area contributed by atoms with Crippen molar-refractivity contribution in [2.45, 2.75) is 43.5 Å². The molecule has 0 spiro atoms. The lowest BCUT2D eigenvalue weighted by atomic mass is 10.0. The van der Waals surface area contributed by atoms with Crippen LogP contribution >= 0.6 is 11.8 Å². The van der Waals surface area contributed by atoms with Gasteiger partial charge in [0.1, 0.15) is 0 Å². The number of carbonyl (C=O) groups is 2. The molecular weight excluding hydrogens is 242 g/mol. The summed E-state index contributed by atoms with van der Waals surface area (Å²) >= 11 is 1.61. The summed E-state index contributed by atoms with van der Waals surface area (Å²) in [7, 11) is 0. The fraction of sp³-hybridized carbons (Fsp3) is 0.818. The summed E-state index contributed by atoms with van der Waals surface area (Å²) in [5, 5.41) is 21.0. The molecule has 5 nitrogen and oxygen atoms in total. The van der Waals surface area contributed by atoms with Gasteiger partial charge in [0.05, 0.1) is 16.8 Å². The molecule has 1 fully saturated rings. The van der Waals surface area contributed by atoms with Gasteiger partial charge in [0.2, 0.25) is 5.91 Å². The van der Waals surface area contributed by atoms with Crippen LogP contribution in [0.3, 0.4) is 0 Å². The minimum Gasteiger partial charge on any atom is -0.481 e. The zero-order valence-electron chi connectivity index (χ0n) is 10.2. The standard InChI is InChI=1S/C11H19NO4S/c1-10(16,6-8(13)14)7-12-9(15)11(2)4-3-5-17-11/h16H,3-7H2,1-2H3,(H,12,15)(H,13,14). The molecule has 0 aromatic heterocycles. The van der Waals surface area contributed by atoms with Gasteiger partial charge in [0, 0.05) is 6.54 Å². The number of carbonyl (C=O) groups excluding carboxylic acids is 1. The van der Waals surface area contributed by atoms with Crippen LogP contribution in [0.15, 0.2) is 0 Å². The predicted molar refractivity (Wildman–Crippen MR) is 66.0 cm³/mol. The SMILES string of the molecule is CC(O)(CNC(=O)C1(C)CCCS1)CC(=O)O. The largest absolute Gasteiger partial charge is 0.481 e. The number of hydrogen-bond donors (Lipinski definition) is 3. The molecule has 0 aromatic carbocycles. The smallest absolute Gasteiger partial charge is 0.306 e. The fourth-order valence-corrected chi connectivity index (χ4v) is 3.04. The molecule has 1 heterocycles. The highest BCUT2D eigenvalue weighted by atomic mass is 32.2. The number of aliphatic hydroxyl groups is 1. The number of amides is 1. The number of thioether (sulfide) groups is 1. The number of carboxylic acids is 1. The molecule has 17 heavy (non-hydrogen) atoms. The number of carboxylic acid groups (broad SMARTS) is 1. The second-order valence-electron chi connectivity index (χ2n) is 4.93. The Balaban J connectivity index is 2.44. The highest BCUT2D eigenvalue weighted by Gasteiger charge is 2.38. The summed E-state index contributed by atoms with van der Waals surface area (Å²) in [6.45, 7) is 3.26. The van der Waals surface area contributed by atoms with Crippen LogP contribution in [-0.4, -0.2) is 44.7 Å². The van der Waals surface area contributed by atoms with E-state index >= 15 is 0 Å². The van der Waals surface area contributed by atoms with Crippen molar-refractivity contribution < 1.29 is 19.8 Å². The molecule has 0 bridgehead atoms.